The minimum absolute atomic E-state index is 0.00644. The Kier molecular flexibility index (Phi) is 5.90. The van der Waals surface area contributed by atoms with E-state index in [1.807, 2.05) is 6.92 Å². The normalized spacial score (nSPS) is 12.6. The van der Waals surface area contributed by atoms with Gasteiger partial charge in [0, 0.05) is 33.0 Å². The molecule has 1 heterocycles. The second kappa shape index (κ2) is 7.21. The topological polar surface area (TPSA) is 63.6 Å². The van der Waals surface area contributed by atoms with E-state index in [-0.39, 0.29) is 11.9 Å². The maximum atomic E-state index is 9.60. The van der Waals surface area contributed by atoms with Crippen LogP contribution in [0.5, 0.6) is 5.75 Å². The van der Waals surface area contributed by atoms with Crippen molar-refractivity contribution in [1.29, 1.82) is 0 Å². The molecule has 0 saturated heterocycles. The number of aromatic nitrogens is 1. The molecule has 0 spiro atoms. The fourth-order valence-corrected chi connectivity index (χ4v) is 1.48. The van der Waals surface area contributed by atoms with E-state index < -0.39 is 0 Å². The number of aryl methyl sites for hydroxylation is 1. The van der Waals surface area contributed by atoms with Gasteiger partial charge in [-0.05, 0) is 19.1 Å². The first-order valence-corrected chi connectivity index (χ1v) is 5.55. The van der Waals surface area contributed by atoms with Gasteiger partial charge in [0.05, 0.1) is 18.4 Å². The molecular formula is C12H20N2O3. The van der Waals surface area contributed by atoms with E-state index in [1.165, 1.54) is 0 Å². The predicted molar refractivity (Wildman–Crippen MR) is 65.0 cm³/mol. The van der Waals surface area contributed by atoms with E-state index in [0.29, 0.717) is 25.4 Å². The van der Waals surface area contributed by atoms with E-state index >= 15 is 0 Å². The Hall–Kier alpha value is -1.17. The number of nitrogens with zero attached hydrogens (tertiary/aromatic N) is 1. The average Bonchev–Trinajstić information content (AvgIpc) is 2.32. The Balaban J connectivity index is 2.42. The van der Waals surface area contributed by atoms with E-state index in [2.05, 4.69) is 10.3 Å². The first-order valence-electron chi connectivity index (χ1n) is 5.55. The number of pyridine rings is 1. The molecule has 1 unspecified atom stereocenters. The van der Waals surface area contributed by atoms with Crippen LogP contribution in [0.1, 0.15) is 11.4 Å². The highest BCUT2D eigenvalue weighted by molar-refractivity contribution is 5.27. The molecule has 0 aliphatic carbocycles. The Labute approximate surface area is 102 Å². The standard InChI is InChI=1S/C12H20N2O3/c1-9-4-5-12(15)11(14-9)7-13-6-10(17-3)8-16-2/h4-5,10,13,15H,6-8H2,1-3H3. The first-order chi connectivity index (χ1) is 8.17. The maximum absolute atomic E-state index is 9.60. The SMILES string of the molecule is COCC(CNCc1nc(C)ccc1O)OC. The second-order valence-electron chi connectivity index (χ2n) is 3.86. The van der Waals surface area contributed by atoms with Crippen molar-refractivity contribution in [3.63, 3.8) is 0 Å². The van der Waals surface area contributed by atoms with E-state index in [9.17, 15) is 5.11 Å². The quantitative estimate of drug-likeness (QED) is 0.739. The predicted octanol–water partition coefficient (Wildman–Crippen LogP) is 0.847. The summed E-state index contributed by atoms with van der Waals surface area (Å²) in [6, 6.07) is 3.43. The third-order valence-corrected chi connectivity index (χ3v) is 2.44. The number of nitrogens with one attached hydrogen (secondary N) is 1. The van der Waals surface area contributed by atoms with Gasteiger partial charge in [-0.3, -0.25) is 4.98 Å². The molecule has 2 N–H and O–H groups in total. The fourth-order valence-electron chi connectivity index (χ4n) is 1.48. The molecule has 1 atom stereocenters. The number of hydrogen-bond acceptors (Lipinski definition) is 5. The second-order valence-corrected chi connectivity index (χ2v) is 3.86. The largest absolute Gasteiger partial charge is 0.506 e. The van der Waals surface area contributed by atoms with Crippen LogP contribution >= 0.6 is 0 Å². The first kappa shape index (κ1) is 13.9. The summed E-state index contributed by atoms with van der Waals surface area (Å²) in [5, 5.41) is 12.8. The van der Waals surface area contributed by atoms with Gasteiger partial charge in [-0.25, -0.2) is 0 Å². The van der Waals surface area contributed by atoms with Crippen molar-refractivity contribution in [3.05, 3.63) is 23.5 Å². The third kappa shape index (κ3) is 4.68. The lowest BCUT2D eigenvalue weighted by atomic mass is 10.2. The van der Waals surface area contributed by atoms with Crippen LogP contribution in [-0.4, -0.2) is 43.6 Å². The van der Waals surface area contributed by atoms with Crippen LogP contribution in [-0.2, 0) is 16.0 Å². The summed E-state index contributed by atoms with van der Waals surface area (Å²) in [5.41, 5.74) is 1.54. The Morgan fingerprint density at radius 2 is 2.18 bits per heavy atom. The number of ether oxygens (including phenoxy) is 2. The molecule has 96 valence electrons. The van der Waals surface area contributed by atoms with Crippen LogP contribution in [0.25, 0.3) is 0 Å². The van der Waals surface area contributed by atoms with Gasteiger partial charge < -0.3 is 19.9 Å². The van der Waals surface area contributed by atoms with Crippen molar-refractivity contribution in [1.82, 2.24) is 10.3 Å². The zero-order valence-corrected chi connectivity index (χ0v) is 10.6. The van der Waals surface area contributed by atoms with Gasteiger partial charge >= 0.3 is 0 Å². The molecule has 0 radical (unpaired) electrons. The molecule has 0 aromatic carbocycles. The summed E-state index contributed by atoms with van der Waals surface area (Å²) in [5.74, 6) is 0.212. The van der Waals surface area contributed by atoms with Crippen LogP contribution in [0, 0.1) is 6.92 Å². The molecule has 0 fully saturated rings. The van der Waals surface area contributed by atoms with Crippen molar-refractivity contribution in [2.45, 2.75) is 19.6 Å². The fraction of sp³-hybridized carbons (Fsp3) is 0.583. The molecular weight excluding hydrogens is 220 g/mol. The van der Waals surface area contributed by atoms with Gasteiger partial charge in [-0.2, -0.15) is 0 Å². The van der Waals surface area contributed by atoms with Gasteiger partial charge in [0.25, 0.3) is 0 Å². The lowest BCUT2D eigenvalue weighted by Crippen LogP contribution is -2.31. The molecule has 0 saturated carbocycles. The van der Waals surface area contributed by atoms with Crippen molar-refractivity contribution in [3.8, 4) is 5.75 Å². The van der Waals surface area contributed by atoms with Gasteiger partial charge in [-0.15, -0.1) is 0 Å². The van der Waals surface area contributed by atoms with Crippen LogP contribution in [0.4, 0.5) is 0 Å². The highest BCUT2D eigenvalue weighted by Gasteiger charge is 2.07. The van der Waals surface area contributed by atoms with Gasteiger partial charge in [0.15, 0.2) is 0 Å². The number of aromatic hydroxyl groups is 1. The van der Waals surface area contributed by atoms with Gasteiger partial charge in [0.1, 0.15) is 5.75 Å². The number of rotatable bonds is 7. The summed E-state index contributed by atoms with van der Waals surface area (Å²) in [4.78, 5) is 4.26. The number of methoxy groups -OCH3 is 2. The van der Waals surface area contributed by atoms with Crippen molar-refractivity contribution in [2.24, 2.45) is 0 Å². The lowest BCUT2D eigenvalue weighted by molar-refractivity contribution is 0.0287. The molecule has 5 nitrogen and oxygen atoms in total. The molecule has 0 bridgehead atoms. The molecule has 17 heavy (non-hydrogen) atoms. The van der Waals surface area contributed by atoms with Crippen molar-refractivity contribution in [2.75, 3.05) is 27.4 Å². The van der Waals surface area contributed by atoms with Crippen molar-refractivity contribution < 1.29 is 14.6 Å². The summed E-state index contributed by atoms with van der Waals surface area (Å²) in [6.45, 7) is 3.60. The molecule has 0 aliphatic rings. The zero-order chi connectivity index (χ0) is 12.7. The van der Waals surface area contributed by atoms with Crippen LogP contribution < -0.4 is 5.32 Å². The third-order valence-electron chi connectivity index (χ3n) is 2.44. The number of hydrogen-bond donors (Lipinski definition) is 2. The average molecular weight is 240 g/mol. The molecule has 0 aliphatic heterocycles. The monoisotopic (exact) mass is 240 g/mol. The minimum Gasteiger partial charge on any atom is -0.506 e. The Bertz CT molecular complexity index is 345. The van der Waals surface area contributed by atoms with E-state index in [1.54, 1.807) is 26.4 Å². The Morgan fingerprint density at radius 3 is 2.82 bits per heavy atom. The molecule has 1 rings (SSSR count). The van der Waals surface area contributed by atoms with E-state index in [4.69, 9.17) is 9.47 Å². The summed E-state index contributed by atoms with van der Waals surface area (Å²) in [7, 11) is 3.29. The Morgan fingerprint density at radius 1 is 1.41 bits per heavy atom. The maximum Gasteiger partial charge on any atom is 0.138 e. The van der Waals surface area contributed by atoms with Crippen LogP contribution in [0.3, 0.4) is 0 Å². The van der Waals surface area contributed by atoms with E-state index in [0.717, 1.165) is 5.69 Å². The molecule has 0 amide bonds. The van der Waals surface area contributed by atoms with Gasteiger partial charge in [-0.1, -0.05) is 0 Å². The molecule has 1 aromatic rings. The van der Waals surface area contributed by atoms with Crippen molar-refractivity contribution >= 4 is 0 Å². The lowest BCUT2D eigenvalue weighted by Gasteiger charge is -2.15. The van der Waals surface area contributed by atoms with Gasteiger partial charge in [0.2, 0.25) is 0 Å². The highest BCUT2D eigenvalue weighted by Crippen LogP contribution is 2.13. The smallest absolute Gasteiger partial charge is 0.138 e. The summed E-state index contributed by atoms with van der Waals surface area (Å²) < 4.78 is 10.2. The summed E-state index contributed by atoms with van der Waals surface area (Å²) in [6.07, 6.45) is 0.00644. The summed E-state index contributed by atoms with van der Waals surface area (Å²) >= 11 is 0. The minimum atomic E-state index is 0.00644. The van der Waals surface area contributed by atoms with Crippen LogP contribution in [0.2, 0.25) is 0 Å². The molecule has 1 aromatic heterocycles. The zero-order valence-electron chi connectivity index (χ0n) is 10.6. The molecule has 5 heteroatoms. The van der Waals surface area contributed by atoms with Crippen LogP contribution in [0.15, 0.2) is 12.1 Å². The highest BCUT2D eigenvalue weighted by atomic mass is 16.5.